The molecule has 0 saturated carbocycles. The summed E-state index contributed by atoms with van der Waals surface area (Å²) in [4.78, 5) is 4.44. The van der Waals surface area contributed by atoms with Crippen molar-refractivity contribution in [3.63, 3.8) is 0 Å². The highest BCUT2D eigenvalue weighted by Crippen LogP contribution is 2.26. The van der Waals surface area contributed by atoms with E-state index in [1.165, 1.54) is 5.56 Å². The van der Waals surface area contributed by atoms with Crippen molar-refractivity contribution in [3.8, 4) is 0 Å². The SMILES string of the molecule is CC(C)c1ccccc1Nc1ccnc(C(N)=S)c1. The third-order valence-corrected chi connectivity index (χ3v) is 3.08. The quantitative estimate of drug-likeness (QED) is 0.834. The van der Waals surface area contributed by atoms with Gasteiger partial charge in [0.25, 0.3) is 0 Å². The molecule has 0 radical (unpaired) electrons. The van der Waals surface area contributed by atoms with E-state index in [9.17, 15) is 0 Å². The van der Waals surface area contributed by atoms with E-state index < -0.39 is 0 Å². The van der Waals surface area contributed by atoms with E-state index >= 15 is 0 Å². The molecule has 19 heavy (non-hydrogen) atoms. The van der Waals surface area contributed by atoms with E-state index in [1.54, 1.807) is 6.20 Å². The fourth-order valence-electron chi connectivity index (χ4n) is 1.91. The van der Waals surface area contributed by atoms with Crippen LogP contribution in [0.3, 0.4) is 0 Å². The van der Waals surface area contributed by atoms with Crippen molar-refractivity contribution >= 4 is 28.6 Å². The van der Waals surface area contributed by atoms with Gasteiger partial charge in [0.15, 0.2) is 0 Å². The fourth-order valence-corrected chi connectivity index (χ4v) is 2.02. The summed E-state index contributed by atoms with van der Waals surface area (Å²) in [5.74, 6) is 0.459. The fraction of sp³-hybridized carbons (Fsp3) is 0.200. The Morgan fingerprint density at radius 1 is 1.26 bits per heavy atom. The maximum atomic E-state index is 5.60. The predicted octanol–water partition coefficient (Wildman–Crippen LogP) is 3.58. The highest BCUT2D eigenvalue weighted by atomic mass is 32.1. The molecule has 0 amide bonds. The molecule has 3 nitrogen and oxygen atoms in total. The number of benzene rings is 1. The standard InChI is InChI=1S/C15H17N3S/c1-10(2)12-5-3-4-6-13(12)18-11-7-8-17-14(9-11)15(16)19/h3-10H,1-2H3,(H2,16,19)(H,17,18). The van der Waals surface area contributed by atoms with Gasteiger partial charge in [-0.05, 0) is 29.7 Å². The van der Waals surface area contributed by atoms with Gasteiger partial charge < -0.3 is 11.1 Å². The van der Waals surface area contributed by atoms with Gasteiger partial charge in [-0.1, -0.05) is 44.3 Å². The van der Waals surface area contributed by atoms with Crippen LogP contribution >= 0.6 is 12.2 Å². The lowest BCUT2D eigenvalue weighted by atomic mass is 10.0. The molecule has 1 aromatic heterocycles. The Bertz CT molecular complexity index is 593. The van der Waals surface area contributed by atoms with Crippen LogP contribution in [-0.4, -0.2) is 9.97 Å². The number of anilines is 2. The Labute approximate surface area is 118 Å². The van der Waals surface area contributed by atoms with Crippen molar-refractivity contribution < 1.29 is 0 Å². The highest BCUT2D eigenvalue weighted by molar-refractivity contribution is 7.80. The zero-order chi connectivity index (χ0) is 13.8. The number of rotatable bonds is 4. The molecule has 1 heterocycles. The average molecular weight is 271 g/mol. The van der Waals surface area contributed by atoms with Crippen molar-refractivity contribution in [1.29, 1.82) is 0 Å². The van der Waals surface area contributed by atoms with E-state index in [1.807, 2.05) is 24.3 Å². The van der Waals surface area contributed by atoms with Crippen LogP contribution in [0.4, 0.5) is 11.4 Å². The minimum Gasteiger partial charge on any atom is -0.388 e. The normalized spacial score (nSPS) is 10.5. The number of pyridine rings is 1. The first-order valence-corrected chi connectivity index (χ1v) is 6.60. The molecule has 2 rings (SSSR count). The number of aromatic nitrogens is 1. The Hall–Kier alpha value is -1.94. The maximum Gasteiger partial charge on any atom is 0.122 e. The smallest absolute Gasteiger partial charge is 0.122 e. The summed E-state index contributed by atoms with van der Waals surface area (Å²) in [6, 6.07) is 12.0. The maximum absolute atomic E-state index is 5.60. The van der Waals surface area contributed by atoms with Crippen LogP contribution in [0.1, 0.15) is 31.0 Å². The van der Waals surface area contributed by atoms with E-state index in [4.69, 9.17) is 18.0 Å². The molecule has 4 heteroatoms. The largest absolute Gasteiger partial charge is 0.388 e. The minimum absolute atomic E-state index is 0.306. The molecule has 0 bridgehead atoms. The number of nitrogens with one attached hydrogen (secondary N) is 1. The van der Waals surface area contributed by atoms with Crippen LogP contribution in [-0.2, 0) is 0 Å². The average Bonchev–Trinajstić information content (AvgIpc) is 2.39. The first kappa shape index (κ1) is 13.5. The molecule has 1 aromatic carbocycles. The van der Waals surface area contributed by atoms with Crippen LogP contribution in [0, 0.1) is 0 Å². The second kappa shape index (κ2) is 5.80. The molecule has 0 aliphatic carbocycles. The Morgan fingerprint density at radius 3 is 2.68 bits per heavy atom. The van der Waals surface area contributed by atoms with Crippen LogP contribution in [0.25, 0.3) is 0 Å². The molecular formula is C15H17N3S. The van der Waals surface area contributed by atoms with Gasteiger partial charge in [-0.15, -0.1) is 0 Å². The van der Waals surface area contributed by atoms with E-state index in [-0.39, 0.29) is 0 Å². The second-order valence-electron chi connectivity index (χ2n) is 4.66. The number of thiocarbonyl (C=S) groups is 1. The van der Waals surface area contributed by atoms with Crippen molar-refractivity contribution in [2.75, 3.05) is 5.32 Å². The zero-order valence-electron chi connectivity index (χ0n) is 11.1. The zero-order valence-corrected chi connectivity index (χ0v) is 11.9. The molecule has 0 unspecified atom stereocenters. The lowest BCUT2D eigenvalue weighted by molar-refractivity contribution is 0.869. The van der Waals surface area contributed by atoms with E-state index in [2.05, 4.69) is 36.3 Å². The molecule has 98 valence electrons. The van der Waals surface area contributed by atoms with Gasteiger partial charge >= 0.3 is 0 Å². The summed E-state index contributed by atoms with van der Waals surface area (Å²) in [6.45, 7) is 4.35. The minimum atomic E-state index is 0.306. The van der Waals surface area contributed by atoms with Crippen molar-refractivity contribution in [2.45, 2.75) is 19.8 Å². The van der Waals surface area contributed by atoms with Crippen molar-refractivity contribution in [2.24, 2.45) is 5.73 Å². The monoisotopic (exact) mass is 271 g/mol. The summed E-state index contributed by atoms with van der Waals surface area (Å²) in [6.07, 6.45) is 1.70. The van der Waals surface area contributed by atoms with Crippen LogP contribution in [0.2, 0.25) is 0 Å². The molecule has 0 fully saturated rings. The predicted molar refractivity (Wildman–Crippen MR) is 83.9 cm³/mol. The van der Waals surface area contributed by atoms with Gasteiger partial charge in [0.05, 0.1) is 5.69 Å². The van der Waals surface area contributed by atoms with Crippen molar-refractivity contribution in [3.05, 3.63) is 53.9 Å². The van der Waals surface area contributed by atoms with E-state index in [0.717, 1.165) is 11.4 Å². The first-order chi connectivity index (χ1) is 9.08. The van der Waals surface area contributed by atoms with Gasteiger partial charge in [0.2, 0.25) is 0 Å². The Morgan fingerprint density at radius 2 is 2.00 bits per heavy atom. The summed E-state index contributed by atoms with van der Waals surface area (Å²) in [5.41, 5.74) is 9.53. The van der Waals surface area contributed by atoms with Gasteiger partial charge in [-0.2, -0.15) is 0 Å². The summed E-state index contributed by atoms with van der Waals surface area (Å²) in [7, 11) is 0. The molecule has 0 saturated heterocycles. The van der Waals surface area contributed by atoms with E-state index in [0.29, 0.717) is 16.6 Å². The molecule has 3 N–H and O–H groups in total. The van der Waals surface area contributed by atoms with Crippen LogP contribution < -0.4 is 11.1 Å². The molecule has 0 atom stereocenters. The number of nitrogens with two attached hydrogens (primary N) is 1. The topological polar surface area (TPSA) is 50.9 Å². The second-order valence-corrected chi connectivity index (χ2v) is 5.10. The Kier molecular flexibility index (Phi) is 4.12. The molecule has 0 aliphatic heterocycles. The number of nitrogens with zero attached hydrogens (tertiary/aromatic N) is 1. The third-order valence-electron chi connectivity index (χ3n) is 2.87. The molecule has 0 spiro atoms. The molecule has 2 aromatic rings. The number of hydrogen-bond donors (Lipinski definition) is 2. The first-order valence-electron chi connectivity index (χ1n) is 6.19. The third kappa shape index (κ3) is 3.29. The van der Waals surface area contributed by atoms with Gasteiger partial charge in [0.1, 0.15) is 4.99 Å². The van der Waals surface area contributed by atoms with Crippen LogP contribution in [0.5, 0.6) is 0 Å². The molecule has 0 aliphatic rings. The van der Waals surface area contributed by atoms with Gasteiger partial charge in [-0.3, -0.25) is 4.98 Å². The lowest BCUT2D eigenvalue weighted by Gasteiger charge is -2.14. The highest BCUT2D eigenvalue weighted by Gasteiger charge is 2.06. The number of hydrogen-bond acceptors (Lipinski definition) is 3. The van der Waals surface area contributed by atoms with Gasteiger partial charge in [-0.25, -0.2) is 0 Å². The summed E-state index contributed by atoms with van der Waals surface area (Å²) in [5, 5.41) is 3.39. The van der Waals surface area contributed by atoms with Crippen molar-refractivity contribution in [1.82, 2.24) is 4.98 Å². The van der Waals surface area contributed by atoms with Crippen LogP contribution in [0.15, 0.2) is 42.6 Å². The molecular weight excluding hydrogens is 254 g/mol. The summed E-state index contributed by atoms with van der Waals surface area (Å²) < 4.78 is 0. The summed E-state index contributed by atoms with van der Waals surface area (Å²) >= 11 is 4.94. The lowest BCUT2D eigenvalue weighted by Crippen LogP contribution is -2.11. The Balaban J connectivity index is 2.31. The van der Waals surface area contributed by atoms with Gasteiger partial charge in [0, 0.05) is 17.6 Å². The number of para-hydroxylation sites is 1.